The summed E-state index contributed by atoms with van der Waals surface area (Å²) in [6.45, 7) is 2.11. The topological polar surface area (TPSA) is 89.3 Å². The summed E-state index contributed by atoms with van der Waals surface area (Å²) < 4.78 is 0. The minimum Gasteiger partial charge on any atom is -0.366 e. The van der Waals surface area contributed by atoms with Gasteiger partial charge in [-0.3, -0.25) is 14.4 Å². The zero-order valence-corrected chi connectivity index (χ0v) is 14.2. The molecule has 0 heterocycles. The number of Topliss-reactive ketones (excluding diaryl/α,β-unsaturated/α-hetero) is 1. The van der Waals surface area contributed by atoms with E-state index in [1.807, 2.05) is 12.1 Å². The molecule has 0 aliphatic rings. The van der Waals surface area contributed by atoms with Crippen LogP contribution in [0, 0.1) is 0 Å². The lowest BCUT2D eigenvalue weighted by molar-refractivity contribution is -0.116. The first kappa shape index (κ1) is 18.4. The predicted octanol–water partition coefficient (Wildman–Crippen LogP) is 3.34. The quantitative estimate of drug-likeness (QED) is 0.723. The molecule has 2 aromatic rings. The van der Waals surface area contributed by atoms with Crippen molar-refractivity contribution in [1.82, 2.24) is 0 Å². The van der Waals surface area contributed by atoms with Crippen LogP contribution in [0.2, 0.25) is 0 Å². The SMILES string of the molecule is CCCc1ccc(C(=O)CCC(=O)Nc2ccccc2C(N)=O)cc1. The van der Waals surface area contributed by atoms with Crippen LogP contribution in [0.15, 0.2) is 48.5 Å². The van der Waals surface area contributed by atoms with Crippen LogP contribution < -0.4 is 11.1 Å². The van der Waals surface area contributed by atoms with Crippen molar-refractivity contribution in [1.29, 1.82) is 0 Å². The minimum atomic E-state index is -0.612. The van der Waals surface area contributed by atoms with Crippen molar-refractivity contribution in [2.24, 2.45) is 5.73 Å². The third kappa shape index (κ3) is 5.28. The van der Waals surface area contributed by atoms with Crippen molar-refractivity contribution < 1.29 is 14.4 Å². The minimum absolute atomic E-state index is 0.0443. The van der Waals surface area contributed by atoms with Crippen molar-refractivity contribution >= 4 is 23.3 Å². The summed E-state index contributed by atoms with van der Waals surface area (Å²) in [4.78, 5) is 35.6. The van der Waals surface area contributed by atoms with Crippen LogP contribution in [0.1, 0.15) is 52.5 Å². The van der Waals surface area contributed by atoms with Gasteiger partial charge in [-0.05, 0) is 24.1 Å². The highest BCUT2D eigenvalue weighted by molar-refractivity contribution is 6.04. The molecule has 5 heteroatoms. The number of rotatable bonds is 8. The van der Waals surface area contributed by atoms with E-state index < -0.39 is 5.91 Å². The van der Waals surface area contributed by atoms with Crippen LogP contribution in [0.25, 0.3) is 0 Å². The molecule has 2 amide bonds. The Morgan fingerprint density at radius 1 is 0.960 bits per heavy atom. The predicted molar refractivity (Wildman–Crippen MR) is 97.6 cm³/mol. The van der Waals surface area contributed by atoms with Gasteiger partial charge in [0.15, 0.2) is 5.78 Å². The molecule has 2 rings (SSSR count). The molecule has 0 fully saturated rings. The molecule has 2 aromatic carbocycles. The van der Waals surface area contributed by atoms with Gasteiger partial charge in [-0.15, -0.1) is 0 Å². The third-order valence-corrected chi connectivity index (χ3v) is 3.86. The zero-order valence-electron chi connectivity index (χ0n) is 14.2. The highest BCUT2D eigenvalue weighted by atomic mass is 16.2. The zero-order chi connectivity index (χ0) is 18.2. The first-order valence-corrected chi connectivity index (χ1v) is 8.32. The number of benzene rings is 2. The van der Waals surface area contributed by atoms with Gasteiger partial charge in [-0.25, -0.2) is 0 Å². The highest BCUT2D eigenvalue weighted by Gasteiger charge is 2.12. The van der Waals surface area contributed by atoms with Gasteiger partial charge in [0, 0.05) is 18.4 Å². The molecule has 0 radical (unpaired) electrons. The van der Waals surface area contributed by atoms with Gasteiger partial charge in [0.25, 0.3) is 5.91 Å². The van der Waals surface area contributed by atoms with E-state index in [0.717, 1.165) is 12.8 Å². The molecular weight excluding hydrogens is 316 g/mol. The van der Waals surface area contributed by atoms with Crippen molar-refractivity contribution in [3.8, 4) is 0 Å². The van der Waals surface area contributed by atoms with E-state index in [-0.39, 0.29) is 30.1 Å². The number of amides is 2. The summed E-state index contributed by atoms with van der Waals surface area (Å²) in [6, 6.07) is 14.0. The van der Waals surface area contributed by atoms with Crippen LogP contribution in [0.4, 0.5) is 5.69 Å². The smallest absolute Gasteiger partial charge is 0.250 e. The number of para-hydroxylation sites is 1. The second-order valence-corrected chi connectivity index (χ2v) is 5.83. The number of hydrogen-bond donors (Lipinski definition) is 2. The molecule has 5 nitrogen and oxygen atoms in total. The van der Waals surface area contributed by atoms with Crippen LogP contribution in [-0.4, -0.2) is 17.6 Å². The van der Waals surface area contributed by atoms with Crippen LogP contribution in [-0.2, 0) is 11.2 Å². The summed E-state index contributed by atoms with van der Waals surface area (Å²) in [5, 5.41) is 2.63. The van der Waals surface area contributed by atoms with Gasteiger partial charge in [-0.1, -0.05) is 49.7 Å². The average Bonchev–Trinajstić information content (AvgIpc) is 2.61. The molecule has 0 aliphatic heterocycles. The number of nitrogens with one attached hydrogen (secondary N) is 1. The fraction of sp³-hybridized carbons (Fsp3) is 0.250. The Balaban J connectivity index is 1.91. The van der Waals surface area contributed by atoms with Gasteiger partial charge < -0.3 is 11.1 Å². The summed E-state index contributed by atoms with van der Waals surface area (Å²) in [5.74, 6) is -1.02. The largest absolute Gasteiger partial charge is 0.366 e. The van der Waals surface area contributed by atoms with E-state index in [1.54, 1.807) is 36.4 Å². The van der Waals surface area contributed by atoms with Crippen molar-refractivity contribution in [2.45, 2.75) is 32.6 Å². The molecule has 0 unspecified atom stereocenters. The molecule has 0 saturated carbocycles. The lowest BCUT2D eigenvalue weighted by Gasteiger charge is -2.08. The van der Waals surface area contributed by atoms with Gasteiger partial charge in [-0.2, -0.15) is 0 Å². The van der Waals surface area contributed by atoms with Crippen LogP contribution >= 0.6 is 0 Å². The first-order chi connectivity index (χ1) is 12.0. The number of carbonyl (C=O) groups is 3. The summed E-state index contributed by atoms with van der Waals surface area (Å²) in [5.41, 5.74) is 7.68. The Morgan fingerprint density at radius 2 is 1.64 bits per heavy atom. The summed E-state index contributed by atoms with van der Waals surface area (Å²) in [6.07, 6.45) is 2.19. The molecule has 130 valence electrons. The maximum Gasteiger partial charge on any atom is 0.250 e. The second-order valence-electron chi connectivity index (χ2n) is 5.83. The van der Waals surface area contributed by atoms with Crippen molar-refractivity contribution in [3.05, 3.63) is 65.2 Å². The Labute approximate surface area is 147 Å². The average molecular weight is 338 g/mol. The van der Waals surface area contributed by atoms with Gasteiger partial charge in [0.2, 0.25) is 5.91 Å². The fourth-order valence-electron chi connectivity index (χ4n) is 2.54. The lowest BCUT2D eigenvalue weighted by atomic mass is 10.0. The van der Waals surface area contributed by atoms with E-state index in [0.29, 0.717) is 11.3 Å². The Hall–Kier alpha value is -2.95. The number of hydrogen-bond acceptors (Lipinski definition) is 3. The Kier molecular flexibility index (Phi) is 6.46. The second kappa shape index (κ2) is 8.78. The molecule has 0 aromatic heterocycles. The number of carbonyl (C=O) groups excluding carboxylic acids is 3. The van der Waals surface area contributed by atoms with Crippen molar-refractivity contribution in [2.75, 3.05) is 5.32 Å². The molecule has 25 heavy (non-hydrogen) atoms. The Bertz CT molecular complexity index is 767. The molecule has 0 bridgehead atoms. The fourth-order valence-corrected chi connectivity index (χ4v) is 2.54. The molecule has 0 spiro atoms. The van der Waals surface area contributed by atoms with Gasteiger partial charge in [0.05, 0.1) is 11.3 Å². The molecule has 0 saturated heterocycles. The number of ketones is 1. The summed E-state index contributed by atoms with van der Waals surface area (Å²) in [7, 11) is 0. The highest BCUT2D eigenvalue weighted by Crippen LogP contribution is 2.15. The number of nitrogens with two attached hydrogens (primary N) is 1. The van der Waals surface area contributed by atoms with E-state index in [1.165, 1.54) is 5.56 Å². The van der Waals surface area contributed by atoms with Gasteiger partial charge in [0.1, 0.15) is 0 Å². The normalized spacial score (nSPS) is 10.3. The number of aryl methyl sites for hydroxylation is 1. The van der Waals surface area contributed by atoms with E-state index >= 15 is 0 Å². The van der Waals surface area contributed by atoms with E-state index in [2.05, 4.69) is 12.2 Å². The molecule has 0 aliphatic carbocycles. The van der Waals surface area contributed by atoms with Crippen LogP contribution in [0.5, 0.6) is 0 Å². The van der Waals surface area contributed by atoms with E-state index in [4.69, 9.17) is 5.73 Å². The van der Waals surface area contributed by atoms with Gasteiger partial charge >= 0.3 is 0 Å². The van der Waals surface area contributed by atoms with E-state index in [9.17, 15) is 14.4 Å². The maximum atomic E-state index is 12.2. The number of primary amides is 1. The van der Waals surface area contributed by atoms with Crippen LogP contribution in [0.3, 0.4) is 0 Å². The standard InChI is InChI=1S/C20H22N2O3/c1-2-5-14-8-10-15(11-9-14)18(23)12-13-19(24)22-17-7-4-3-6-16(17)20(21)25/h3-4,6-11H,2,5,12-13H2,1H3,(H2,21,25)(H,22,24). The summed E-state index contributed by atoms with van der Waals surface area (Å²) >= 11 is 0. The van der Waals surface area contributed by atoms with Crippen molar-refractivity contribution in [3.63, 3.8) is 0 Å². The number of anilines is 1. The third-order valence-electron chi connectivity index (χ3n) is 3.86. The maximum absolute atomic E-state index is 12.2. The molecular formula is C20H22N2O3. The first-order valence-electron chi connectivity index (χ1n) is 8.32. The monoisotopic (exact) mass is 338 g/mol. The Morgan fingerprint density at radius 3 is 2.28 bits per heavy atom. The lowest BCUT2D eigenvalue weighted by Crippen LogP contribution is -2.18. The molecule has 0 atom stereocenters. The molecule has 3 N–H and O–H groups in total.